The van der Waals surface area contributed by atoms with E-state index < -0.39 is 23.1 Å². The number of aromatic nitrogens is 2. The van der Waals surface area contributed by atoms with Gasteiger partial charge in [0.15, 0.2) is 5.82 Å². The lowest BCUT2D eigenvalue weighted by Crippen LogP contribution is -2.35. The number of carbonyl (C=O) groups is 2. The Morgan fingerprint density at radius 1 is 1.03 bits per heavy atom. The molecule has 0 N–H and O–H groups in total. The summed E-state index contributed by atoms with van der Waals surface area (Å²) < 4.78 is 33.0. The summed E-state index contributed by atoms with van der Waals surface area (Å²) in [5, 5.41) is 3.92. The smallest absolute Gasteiger partial charge is 0.259 e. The Hall–Kier alpha value is -3.62. The van der Waals surface area contributed by atoms with Crippen molar-refractivity contribution < 1.29 is 22.9 Å². The number of hydrogen-bond donors (Lipinski definition) is 0. The molecule has 1 saturated heterocycles. The SMILES string of the molecule is CN(CCc1noc(-c2ccc(C(=O)N3CCCCC3)cc2)n1)C(=O)c1c(F)cccc1F. The molecule has 4 rings (SSSR count). The monoisotopic (exact) mass is 454 g/mol. The van der Waals surface area contributed by atoms with Crippen molar-refractivity contribution in [3.05, 3.63) is 71.1 Å². The van der Waals surface area contributed by atoms with Gasteiger partial charge in [0.2, 0.25) is 0 Å². The number of nitrogens with zero attached hydrogens (tertiary/aromatic N) is 4. The third-order valence-electron chi connectivity index (χ3n) is 5.68. The number of halogens is 2. The van der Waals surface area contributed by atoms with Crippen LogP contribution >= 0.6 is 0 Å². The molecule has 33 heavy (non-hydrogen) atoms. The first-order valence-electron chi connectivity index (χ1n) is 10.9. The Labute approximate surface area is 190 Å². The van der Waals surface area contributed by atoms with Gasteiger partial charge in [0.05, 0.1) is 0 Å². The molecule has 0 atom stereocenters. The molecule has 2 heterocycles. The highest BCUT2D eigenvalue weighted by Crippen LogP contribution is 2.20. The molecule has 1 aliphatic heterocycles. The van der Waals surface area contributed by atoms with Crippen molar-refractivity contribution in [2.24, 2.45) is 0 Å². The summed E-state index contributed by atoms with van der Waals surface area (Å²) in [4.78, 5) is 32.4. The number of likely N-dealkylation sites (tertiary alicyclic amines) is 1. The van der Waals surface area contributed by atoms with Crippen molar-refractivity contribution in [3.63, 3.8) is 0 Å². The van der Waals surface area contributed by atoms with E-state index in [9.17, 15) is 18.4 Å². The van der Waals surface area contributed by atoms with E-state index in [0.717, 1.165) is 44.5 Å². The van der Waals surface area contributed by atoms with Gasteiger partial charge in [0.1, 0.15) is 17.2 Å². The quantitative estimate of drug-likeness (QED) is 0.563. The molecule has 0 spiro atoms. The first-order chi connectivity index (χ1) is 15.9. The van der Waals surface area contributed by atoms with Crippen molar-refractivity contribution >= 4 is 11.8 Å². The first-order valence-corrected chi connectivity index (χ1v) is 10.9. The maximum atomic E-state index is 13.8. The Morgan fingerprint density at radius 2 is 1.70 bits per heavy atom. The molecule has 0 bridgehead atoms. The predicted octanol–water partition coefficient (Wildman–Crippen LogP) is 3.96. The highest BCUT2D eigenvalue weighted by atomic mass is 19.1. The maximum Gasteiger partial charge on any atom is 0.259 e. The van der Waals surface area contributed by atoms with Crippen molar-refractivity contribution in [3.8, 4) is 11.5 Å². The van der Waals surface area contributed by atoms with Crippen molar-refractivity contribution in [2.45, 2.75) is 25.7 Å². The van der Waals surface area contributed by atoms with E-state index in [0.29, 0.717) is 17.0 Å². The standard InChI is InChI=1S/C24H24F2N4O3/c1-29(24(32)21-18(25)6-5-7-19(21)26)15-12-20-27-22(33-28-20)16-8-10-17(11-9-16)23(31)30-13-3-2-4-14-30/h5-11H,2-4,12-15H2,1H3. The molecule has 1 fully saturated rings. The van der Waals surface area contributed by atoms with E-state index in [1.807, 2.05) is 4.90 Å². The van der Waals surface area contributed by atoms with Crippen LogP contribution in [-0.2, 0) is 6.42 Å². The van der Waals surface area contributed by atoms with E-state index in [1.54, 1.807) is 24.3 Å². The van der Waals surface area contributed by atoms with Crippen LogP contribution in [-0.4, -0.2) is 58.4 Å². The average Bonchev–Trinajstić information content (AvgIpc) is 3.31. The van der Waals surface area contributed by atoms with Gasteiger partial charge in [-0.3, -0.25) is 9.59 Å². The predicted molar refractivity (Wildman–Crippen MR) is 117 cm³/mol. The van der Waals surface area contributed by atoms with Crippen LogP contribution in [0.4, 0.5) is 8.78 Å². The maximum absolute atomic E-state index is 13.8. The molecule has 2 aromatic carbocycles. The summed E-state index contributed by atoms with van der Waals surface area (Å²) in [7, 11) is 1.45. The van der Waals surface area contributed by atoms with Crippen LogP contribution in [0.1, 0.15) is 45.8 Å². The van der Waals surface area contributed by atoms with Crippen LogP contribution < -0.4 is 0 Å². The van der Waals surface area contributed by atoms with Gasteiger partial charge in [0, 0.05) is 44.2 Å². The van der Waals surface area contributed by atoms with E-state index in [2.05, 4.69) is 10.1 Å². The third kappa shape index (κ3) is 5.08. The minimum absolute atomic E-state index is 0.0199. The summed E-state index contributed by atoms with van der Waals surface area (Å²) in [5.41, 5.74) is 0.690. The number of likely N-dealkylation sites (N-methyl/N-ethyl adjacent to an activating group) is 1. The fourth-order valence-electron chi connectivity index (χ4n) is 3.77. The lowest BCUT2D eigenvalue weighted by molar-refractivity contribution is 0.0723. The van der Waals surface area contributed by atoms with Crippen LogP contribution in [0.3, 0.4) is 0 Å². The molecule has 0 radical (unpaired) electrons. The lowest BCUT2D eigenvalue weighted by atomic mass is 10.1. The molecule has 9 heteroatoms. The summed E-state index contributed by atoms with van der Waals surface area (Å²) in [5.74, 6) is -1.91. The van der Waals surface area contributed by atoms with Crippen LogP contribution in [0.15, 0.2) is 47.0 Å². The molecule has 2 amide bonds. The summed E-state index contributed by atoms with van der Waals surface area (Å²) >= 11 is 0. The molecule has 3 aromatic rings. The highest BCUT2D eigenvalue weighted by Gasteiger charge is 2.22. The molecule has 0 aliphatic carbocycles. The van der Waals surface area contributed by atoms with Gasteiger partial charge in [-0.2, -0.15) is 4.98 Å². The minimum Gasteiger partial charge on any atom is -0.341 e. The van der Waals surface area contributed by atoms with E-state index in [-0.39, 0.29) is 24.8 Å². The number of piperidine rings is 1. The second-order valence-electron chi connectivity index (χ2n) is 8.02. The van der Waals surface area contributed by atoms with Gasteiger partial charge in [-0.05, 0) is 55.7 Å². The fraction of sp³-hybridized carbons (Fsp3) is 0.333. The molecular formula is C24H24F2N4O3. The van der Waals surface area contributed by atoms with Crippen molar-refractivity contribution in [1.29, 1.82) is 0 Å². The summed E-state index contributed by atoms with van der Waals surface area (Å²) in [6, 6.07) is 10.3. The van der Waals surface area contributed by atoms with Gasteiger partial charge >= 0.3 is 0 Å². The van der Waals surface area contributed by atoms with Gasteiger partial charge in [0.25, 0.3) is 17.7 Å². The molecule has 7 nitrogen and oxygen atoms in total. The number of carbonyl (C=O) groups excluding carboxylic acids is 2. The highest BCUT2D eigenvalue weighted by molar-refractivity contribution is 5.95. The fourth-order valence-corrected chi connectivity index (χ4v) is 3.77. The zero-order valence-corrected chi connectivity index (χ0v) is 18.3. The van der Waals surface area contributed by atoms with Gasteiger partial charge < -0.3 is 14.3 Å². The number of hydrogen-bond acceptors (Lipinski definition) is 5. The number of benzene rings is 2. The molecular weight excluding hydrogens is 430 g/mol. The van der Waals surface area contributed by atoms with E-state index in [4.69, 9.17) is 4.52 Å². The lowest BCUT2D eigenvalue weighted by Gasteiger charge is -2.26. The number of amides is 2. The molecule has 1 aromatic heterocycles. The topological polar surface area (TPSA) is 79.5 Å². The van der Waals surface area contributed by atoms with Crippen LogP contribution in [0.25, 0.3) is 11.5 Å². The third-order valence-corrected chi connectivity index (χ3v) is 5.68. The Morgan fingerprint density at radius 3 is 2.36 bits per heavy atom. The largest absolute Gasteiger partial charge is 0.341 e. The van der Waals surface area contributed by atoms with Crippen LogP contribution in [0, 0.1) is 11.6 Å². The van der Waals surface area contributed by atoms with Crippen molar-refractivity contribution in [1.82, 2.24) is 19.9 Å². The molecule has 172 valence electrons. The molecule has 1 aliphatic rings. The van der Waals surface area contributed by atoms with Crippen LogP contribution in [0.2, 0.25) is 0 Å². The Bertz CT molecular complexity index is 1120. The van der Waals surface area contributed by atoms with Crippen molar-refractivity contribution in [2.75, 3.05) is 26.7 Å². The zero-order valence-electron chi connectivity index (χ0n) is 18.3. The minimum atomic E-state index is -0.907. The molecule has 0 unspecified atom stereocenters. The second kappa shape index (κ2) is 9.89. The second-order valence-corrected chi connectivity index (χ2v) is 8.02. The van der Waals surface area contributed by atoms with E-state index >= 15 is 0 Å². The van der Waals surface area contributed by atoms with Gasteiger partial charge in [-0.15, -0.1) is 0 Å². The first kappa shape index (κ1) is 22.6. The van der Waals surface area contributed by atoms with Gasteiger partial charge in [-0.1, -0.05) is 11.2 Å². The summed E-state index contributed by atoms with van der Waals surface area (Å²) in [6.45, 7) is 1.72. The van der Waals surface area contributed by atoms with Crippen LogP contribution in [0.5, 0.6) is 0 Å². The zero-order chi connectivity index (χ0) is 23.4. The summed E-state index contributed by atoms with van der Waals surface area (Å²) in [6.07, 6.45) is 3.47. The molecule has 0 saturated carbocycles. The normalized spacial score (nSPS) is 13.7. The van der Waals surface area contributed by atoms with E-state index in [1.165, 1.54) is 18.0 Å². The Kier molecular flexibility index (Phi) is 6.76. The number of rotatable bonds is 6. The van der Waals surface area contributed by atoms with Gasteiger partial charge in [-0.25, -0.2) is 8.78 Å². The average molecular weight is 454 g/mol. The Balaban J connectivity index is 1.37.